The summed E-state index contributed by atoms with van der Waals surface area (Å²) in [5.41, 5.74) is 0. The zero-order chi connectivity index (χ0) is 8.27. The van der Waals surface area contributed by atoms with Gasteiger partial charge < -0.3 is 0 Å². The molecule has 0 spiro atoms. The molecule has 0 atom stereocenters. The number of nitrogens with zero attached hydrogens (tertiary/aromatic N) is 2. The fourth-order valence-electron chi connectivity index (χ4n) is 0.460. The SMILES string of the molecule is CC(=O)c1nnc(N[C]=O)s1. The summed E-state index contributed by atoms with van der Waals surface area (Å²) in [4.78, 5) is 20.4. The molecule has 0 bridgehead atoms. The highest BCUT2D eigenvalue weighted by Crippen LogP contribution is 2.13. The van der Waals surface area contributed by atoms with E-state index in [4.69, 9.17) is 0 Å². The van der Waals surface area contributed by atoms with Crippen molar-refractivity contribution in [3.05, 3.63) is 5.01 Å². The van der Waals surface area contributed by atoms with E-state index in [0.29, 0.717) is 0 Å². The molecule has 1 amide bonds. The Morgan fingerprint density at radius 1 is 1.64 bits per heavy atom. The molecule has 0 aliphatic carbocycles. The van der Waals surface area contributed by atoms with Crippen molar-refractivity contribution < 1.29 is 9.59 Å². The topological polar surface area (TPSA) is 72.0 Å². The van der Waals surface area contributed by atoms with Gasteiger partial charge in [0.15, 0.2) is 10.8 Å². The number of amides is 1. The van der Waals surface area contributed by atoms with Gasteiger partial charge in [-0.25, -0.2) is 0 Å². The Balaban J connectivity index is 2.81. The third-order valence-corrected chi connectivity index (χ3v) is 1.82. The molecule has 0 saturated heterocycles. The number of rotatable bonds is 3. The lowest BCUT2D eigenvalue weighted by Crippen LogP contribution is -1.91. The number of nitrogens with one attached hydrogen (secondary N) is 1. The van der Waals surface area contributed by atoms with Gasteiger partial charge in [0.1, 0.15) is 0 Å². The first-order valence-corrected chi connectivity index (χ1v) is 3.53. The average Bonchev–Trinajstić information content (AvgIpc) is 2.37. The zero-order valence-corrected chi connectivity index (χ0v) is 6.44. The smallest absolute Gasteiger partial charge is 0.292 e. The van der Waals surface area contributed by atoms with E-state index in [0.717, 1.165) is 11.3 Å². The molecule has 0 aromatic carbocycles. The monoisotopic (exact) mass is 170 g/mol. The van der Waals surface area contributed by atoms with Crippen LogP contribution in [0.25, 0.3) is 0 Å². The van der Waals surface area contributed by atoms with Gasteiger partial charge in [0.2, 0.25) is 5.13 Å². The van der Waals surface area contributed by atoms with Crippen molar-refractivity contribution in [1.82, 2.24) is 10.2 Å². The predicted molar refractivity (Wildman–Crippen MR) is 39.2 cm³/mol. The Morgan fingerprint density at radius 2 is 2.36 bits per heavy atom. The number of hydrogen-bond acceptors (Lipinski definition) is 5. The molecule has 1 aromatic heterocycles. The van der Waals surface area contributed by atoms with Gasteiger partial charge in [0, 0.05) is 6.92 Å². The lowest BCUT2D eigenvalue weighted by Gasteiger charge is -1.81. The third-order valence-electron chi connectivity index (χ3n) is 0.884. The van der Waals surface area contributed by atoms with E-state index in [2.05, 4.69) is 15.5 Å². The molecule has 1 N–H and O–H groups in total. The standard InChI is InChI=1S/C5H4N3O2S/c1-3(10)4-7-8-5(11-4)6-2-9/h1H3,(H,6,8,9). The minimum Gasteiger partial charge on any atom is -0.292 e. The van der Waals surface area contributed by atoms with E-state index in [9.17, 15) is 9.59 Å². The first kappa shape index (κ1) is 7.80. The number of anilines is 1. The Hall–Kier alpha value is -1.30. The lowest BCUT2D eigenvalue weighted by atomic mass is 10.5. The number of Topliss-reactive ketones (excluding diaryl/α,β-unsaturated/α-hetero) is 1. The molecule has 11 heavy (non-hydrogen) atoms. The van der Waals surface area contributed by atoms with Crippen molar-refractivity contribution in [3.63, 3.8) is 0 Å². The van der Waals surface area contributed by atoms with E-state index in [-0.39, 0.29) is 15.9 Å². The molecule has 0 fully saturated rings. The van der Waals surface area contributed by atoms with Crippen LogP contribution in [0.1, 0.15) is 16.7 Å². The summed E-state index contributed by atoms with van der Waals surface area (Å²) in [5.74, 6) is -0.165. The number of ketones is 1. The first-order valence-electron chi connectivity index (χ1n) is 2.71. The van der Waals surface area contributed by atoms with Crippen molar-refractivity contribution in [2.24, 2.45) is 0 Å². The quantitative estimate of drug-likeness (QED) is 0.520. The van der Waals surface area contributed by atoms with Crippen LogP contribution in [0.15, 0.2) is 0 Å². The van der Waals surface area contributed by atoms with Crippen LogP contribution in [0.2, 0.25) is 0 Å². The summed E-state index contributed by atoms with van der Waals surface area (Å²) in [7, 11) is 0. The summed E-state index contributed by atoms with van der Waals surface area (Å²) >= 11 is 1.02. The fourth-order valence-corrected chi connectivity index (χ4v) is 1.04. The summed E-state index contributed by atoms with van der Waals surface area (Å²) in [6.45, 7) is 1.38. The van der Waals surface area contributed by atoms with Gasteiger partial charge in [0.05, 0.1) is 0 Å². The van der Waals surface area contributed by atoms with E-state index in [1.807, 2.05) is 0 Å². The van der Waals surface area contributed by atoms with Crippen LogP contribution in [0, 0.1) is 0 Å². The second kappa shape index (κ2) is 3.20. The minimum atomic E-state index is -0.165. The van der Waals surface area contributed by atoms with Crippen molar-refractivity contribution in [2.75, 3.05) is 5.32 Å². The molecule has 1 heterocycles. The van der Waals surface area contributed by atoms with Crippen molar-refractivity contribution >= 4 is 28.7 Å². The summed E-state index contributed by atoms with van der Waals surface area (Å²) in [5, 5.41) is 9.75. The second-order valence-corrected chi connectivity index (χ2v) is 2.67. The maximum Gasteiger partial charge on any atom is 0.315 e. The number of hydrogen-bond donors (Lipinski definition) is 1. The van der Waals surface area contributed by atoms with Crippen molar-refractivity contribution in [2.45, 2.75) is 6.92 Å². The molecule has 1 radical (unpaired) electrons. The van der Waals surface area contributed by atoms with Crippen LogP contribution < -0.4 is 5.32 Å². The molecule has 57 valence electrons. The van der Waals surface area contributed by atoms with E-state index < -0.39 is 0 Å². The van der Waals surface area contributed by atoms with Gasteiger partial charge in [-0.2, -0.15) is 0 Å². The average molecular weight is 170 g/mol. The van der Waals surface area contributed by atoms with Crippen LogP contribution in [0.3, 0.4) is 0 Å². The molecule has 0 aliphatic heterocycles. The Morgan fingerprint density at radius 3 is 2.82 bits per heavy atom. The Kier molecular flexibility index (Phi) is 2.27. The zero-order valence-electron chi connectivity index (χ0n) is 5.62. The molecule has 1 rings (SSSR count). The van der Waals surface area contributed by atoms with Crippen LogP contribution in [0.4, 0.5) is 5.13 Å². The van der Waals surface area contributed by atoms with Gasteiger partial charge in [-0.3, -0.25) is 14.9 Å². The molecular formula is C5H4N3O2S. The highest BCUT2D eigenvalue weighted by atomic mass is 32.1. The molecule has 5 nitrogen and oxygen atoms in total. The van der Waals surface area contributed by atoms with Crippen molar-refractivity contribution in [3.8, 4) is 0 Å². The van der Waals surface area contributed by atoms with Crippen LogP contribution in [0.5, 0.6) is 0 Å². The minimum absolute atomic E-state index is 0.165. The van der Waals surface area contributed by atoms with Crippen LogP contribution in [-0.4, -0.2) is 22.4 Å². The number of aromatic nitrogens is 2. The first-order chi connectivity index (χ1) is 5.24. The summed E-state index contributed by atoms with van der Waals surface area (Å²) in [6, 6.07) is 0. The lowest BCUT2D eigenvalue weighted by molar-refractivity contribution is 0.101. The van der Waals surface area contributed by atoms with E-state index in [1.165, 1.54) is 13.3 Å². The van der Waals surface area contributed by atoms with Crippen LogP contribution in [-0.2, 0) is 4.79 Å². The molecule has 6 heteroatoms. The normalized spacial score (nSPS) is 9.18. The maximum absolute atomic E-state index is 10.6. The highest BCUT2D eigenvalue weighted by Gasteiger charge is 2.06. The van der Waals surface area contributed by atoms with Gasteiger partial charge in [-0.05, 0) is 0 Å². The van der Waals surface area contributed by atoms with E-state index in [1.54, 1.807) is 0 Å². The van der Waals surface area contributed by atoms with E-state index >= 15 is 0 Å². The fraction of sp³-hybridized carbons (Fsp3) is 0.200. The summed E-state index contributed by atoms with van der Waals surface area (Å²) in [6.07, 6.45) is 1.43. The second-order valence-electron chi connectivity index (χ2n) is 1.70. The van der Waals surface area contributed by atoms with Crippen molar-refractivity contribution in [1.29, 1.82) is 0 Å². The molecular weight excluding hydrogens is 166 g/mol. The highest BCUT2D eigenvalue weighted by molar-refractivity contribution is 7.17. The molecule has 0 unspecified atom stereocenters. The Bertz CT molecular complexity index is 283. The number of carbonyl (C=O) groups is 1. The van der Waals surface area contributed by atoms with Gasteiger partial charge in [-0.15, -0.1) is 10.2 Å². The van der Waals surface area contributed by atoms with Crippen LogP contribution >= 0.6 is 11.3 Å². The Labute approximate surface area is 66.4 Å². The number of carbonyl (C=O) groups excluding carboxylic acids is 2. The van der Waals surface area contributed by atoms with Gasteiger partial charge >= 0.3 is 6.41 Å². The molecule has 0 saturated carbocycles. The summed E-state index contributed by atoms with van der Waals surface area (Å²) < 4.78 is 0. The predicted octanol–water partition coefficient (Wildman–Crippen LogP) is 0.220. The largest absolute Gasteiger partial charge is 0.315 e. The molecule has 0 aliphatic rings. The van der Waals surface area contributed by atoms with Gasteiger partial charge in [0.25, 0.3) is 0 Å². The van der Waals surface area contributed by atoms with Gasteiger partial charge in [-0.1, -0.05) is 11.3 Å². The third kappa shape index (κ3) is 1.81. The molecule has 1 aromatic rings. The maximum atomic E-state index is 10.6.